The van der Waals surface area contributed by atoms with Crippen LogP contribution in [0.3, 0.4) is 0 Å². The molecule has 0 aliphatic carbocycles. The second-order valence-electron chi connectivity index (χ2n) is 4.05. The van der Waals surface area contributed by atoms with E-state index >= 15 is 0 Å². The van der Waals surface area contributed by atoms with E-state index in [1.165, 1.54) is 0 Å². The number of aromatic nitrogens is 1. The first-order valence-electron chi connectivity index (χ1n) is 5.71. The number of fused-ring (bicyclic) bond motifs is 1. The fourth-order valence-electron chi connectivity index (χ4n) is 1.90. The van der Waals surface area contributed by atoms with Gasteiger partial charge in [-0.2, -0.15) is 0 Å². The van der Waals surface area contributed by atoms with E-state index in [4.69, 9.17) is 0 Å². The minimum absolute atomic E-state index is 0.0198. The normalized spacial score (nSPS) is 10.7. The number of hydrogen-bond acceptors (Lipinski definition) is 2. The average molecular weight is 256 g/mol. The summed E-state index contributed by atoms with van der Waals surface area (Å²) in [6, 6.07) is 9.91. The Hall–Kier alpha value is -2.07. The Kier molecular flexibility index (Phi) is 2.86. The van der Waals surface area contributed by atoms with E-state index in [1.54, 1.807) is 11.3 Å². The van der Waals surface area contributed by atoms with Crippen LogP contribution in [0.1, 0.15) is 15.9 Å². The number of amides is 1. The smallest absolute Gasteiger partial charge is 0.253 e. The summed E-state index contributed by atoms with van der Waals surface area (Å²) < 4.78 is 1.14. The van der Waals surface area contributed by atoms with Gasteiger partial charge in [-0.3, -0.25) is 4.79 Å². The van der Waals surface area contributed by atoms with Crippen molar-refractivity contribution in [3.63, 3.8) is 0 Å². The molecule has 4 heteroatoms. The molecule has 1 aromatic carbocycles. The lowest BCUT2D eigenvalue weighted by molar-refractivity contribution is 0.0953. The van der Waals surface area contributed by atoms with Crippen LogP contribution in [0, 0.1) is 0 Å². The van der Waals surface area contributed by atoms with Crippen molar-refractivity contribution in [2.75, 3.05) is 0 Å². The van der Waals surface area contributed by atoms with Gasteiger partial charge in [0.2, 0.25) is 0 Å². The lowest BCUT2D eigenvalue weighted by atomic mass is 10.1. The number of nitrogens with one attached hydrogen (secondary N) is 2. The molecule has 2 aromatic heterocycles. The van der Waals surface area contributed by atoms with E-state index in [0.717, 1.165) is 21.2 Å². The minimum atomic E-state index is -0.0198. The molecule has 0 saturated heterocycles. The summed E-state index contributed by atoms with van der Waals surface area (Å²) >= 11 is 1.60. The van der Waals surface area contributed by atoms with E-state index < -0.39 is 0 Å². The maximum absolute atomic E-state index is 12.1. The van der Waals surface area contributed by atoms with E-state index in [-0.39, 0.29) is 5.91 Å². The van der Waals surface area contributed by atoms with Crippen molar-refractivity contribution < 1.29 is 4.79 Å². The zero-order valence-corrected chi connectivity index (χ0v) is 10.5. The molecular formula is C14H12N2OS. The number of H-pyrrole nitrogens is 1. The fourth-order valence-corrected chi connectivity index (χ4v) is 2.84. The van der Waals surface area contributed by atoms with Crippen LogP contribution in [0.2, 0.25) is 0 Å². The highest BCUT2D eigenvalue weighted by atomic mass is 32.1. The highest BCUT2D eigenvalue weighted by Gasteiger charge is 2.11. The summed E-state index contributed by atoms with van der Waals surface area (Å²) in [5.41, 5.74) is 1.83. The molecule has 0 bridgehead atoms. The maximum atomic E-state index is 12.1. The van der Waals surface area contributed by atoms with Crippen LogP contribution in [0.4, 0.5) is 0 Å². The van der Waals surface area contributed by atoms with Gasteiger partial charge in [0.25, 0.3) is 5.91 Å². The zero-order chi connectivity index (χ0) is 12.4. The molecule has 2 heterocycles. The van der Waals surface area contributed by atoms with Gasteiger partial charge in [0.15, 0.2) is 0 Å². The van der Waals surface area contributed by atoms with Crippen molar-refractivity contribution in [1.82, 2.24) is 10.3 Å². The summed E-state index contributed by atoms with van der Waals surface area (Å²) in [6.45, 7) is 0.548. The van der Waals surface area contributed by atoms with Crippen molar-refractivity contribution in [2.45, 2.75) is 6.54 Å². The molecule has 3 aromatic rings. The molecule has 0 radical (unpaired) electrons. The summed E-state index contributed by atoms with van der Waals surface area (Å²) in [5, 5.41) is 5.86. The standard InChI is InChI=1S/C14H12N2OS/c17-14(16-8-10-5-6-15-7-10)12-9-18-13-4-2-1-3-11(12)13/h1-7,9,15H,8H2,(H,16,17). The summed E-state index contributed by atoms with van der Waals surface area (Å²) in [7, 11) is 0. The molecule has 90 valence electrons. The Morgan fingerprint density at radius 1 is 1.28 bits per heavy atom. The molecule has 3 rings (SSSR count). The Morgan fingerprint density at radius 2 is 2.17 bits per heavy atom. The van der Waals surface area contributed by atoms with E-state index in [9.17, 15) is 4.79 Å². The second kappa shape index (κ2) is 4.66. The Bertz CT molecular complexity index is 670. The van der Waals surface area contributed by atoms with Crippen molar-refractivity contribution in [1.29, 1.82) is 0 Å². The largest absolute Gasteiger partial charge is 0.367 e. The van der Waals surface area contributed by atoms with E-state index in [0.29, 0.717) is 6.54 Å². The highest BCUT2D eigenvalue weighted by Crippen LogP contribution is 2.25. The van der Waals surface area contributed by atoms with Crippen molar-refractivity contribution >= 4 is 27.3 Å². The maximum Gasteiger partial charge on any atom is 0.253 e. The van der Waals surface area contributed by atoms with Crippen LogP contribution in [0.5, 0.6) is 0 Å². The van der Waals surface area contributed by atoms with Crippen molar-refractivity contribution in [3.8, 4) is 0 Å². The van der Waals surface area contributed by atoms with Gasteiger partial charge in [0.05, 0.1) is 5.56 Å². The molecule has 0 saturated carbocycles. The molecule has 0 spiro atoms. The molecule has 0 unspecified atom stereocenters. The van der Waals surface area contributed by atoms with Gasteiger partial charge in [0.1, 0.15) is 0 Å². The van der Waals surface area contributed by atoms with Crippen LogP contribution in [-0.2, 0) is 6.54 Å². The summed E-state index contributed by atoms with van der Waals surface area (Å²) in [4.78, 5) is 15.1. The first-order chi connectivity index (χ1) is 8.84. The molecule has 0 aliphatic heterocycles. The molecule has 18 heavy (non-hydrogen) atoms. The Labute approximate surface area is 108 Å². The minimum Gasteiger partial charge on any atom is -0.367 e. The Balaban J connectivity index is 1.80. The van der Waals surface area contributed by atoms with Crippen LogP contribution in [0.15, 0.2) is 48.1 Å². The predicted molar refractivity (Wildman–Crippen MR) is 73.8 cm³/mol. The number of benzene rings is 1. The predicted octanol–water partition coefficient (Wildman–Crippen LogP) is 3.16. The van der Waals surface area contributed by atoms with E-state index in [2.05, 4.69) is 10.3 Å². The SMILES string of the molecule is O=C(NCc1cc[nH]c1)c1csc2ccccc12. The third-order valence-electron chi connectivity index (χ3n) is 2.84. The molecule has 2 N–H and O–H groups in total. The summed E-state index contributed by atoms with van der Waals surface area (Å²) in [6.07, 6.45) is 3.73. The number of rotatable bonds is 3. The zero-order valence-electron chi connectivity index (χ0n) is 9.64. The summed E-state index contributed by atoms with van der Waals surface area (Å²) in [5.74, 6) is -0.0198. The molecule has 1 amide bonds. The number of carbonyl (C=O) groups is 1. The van der Waals surface area contributed by atoms with Gasteiger partial charge < -0.3 is 10.3 Å². The first-order valence-corrected chi connectivity index (χ1v) is 6.58. The lowest BCUT2D eigenvalue weighted by Gasteiger charge is -2.02. The Morgan fingerprint density at radius 3 is 3.00 bits per heavy atom. The first kappa shape index (κ1) is 11.0. The van der Waals surface area contributed by atoms with Gasteiger partial charge in [-0.15, -0.1) is 11.3 Å². The third-order valence-corrected chi connectivity index (χ3v) is 3.80. The van der Waals surface area contributed by atoms with Crippen molar-refractivity contribution in [2.24, 2.45) is 0 Å². The number of carbonyl (C=O) groups excluding carboxylic acids is 1. The van der Waals surface area contributed by atoms with Gasteiger partial charge in [-0.25, -0.2) is 0 Å². The highest BCUT2D eigenvalue weighted by molar-refractivity contribution is 7.17. The van der Waals surface area contributed by atoms with Crippen LogP contribution >= 0.6 is 11.3 Å². The average Bonchev–Trinajstić information content (AvgIpc) is 3.05. The second-order valence-corrected chi connectivity index (χ2v) is 4.96. The van der Waals surface area contributed by atoms with Crippen LogP contribution < -0.4 is 5.32 Å². The molecular weight excluding hydrogens is 244 g/mol. The molecule has 0 fully saturated rings. The lowest BCUT2D eigenvalue weighted by Crippen LogP contribution is -2.22. The van der Waals surface area contributed by atoms with Crippen LogP contribution in [-0.4, -0.2) is 10.9 Å². The van der Waals surface area contributed by atoms with Crippen LogP contribution in [0.25, 0.3) is 10.1 Å². The van der Waals surface area contributed by atoms with Gasteiger partial charge >= 0.3 is 0 Å². The van der Waals surface area contributed by atoms with Crippen molar-refractivity contribution in [3.05, 3.63) is 59.2 Å². The quantitative estimate of drug-likeness (QED) is 0.743. The monoisotopic (exact) mass is 256 g/mol. The topological polar surface area (TPSA) is 44.9 Å². The third kappa shape index (κ3) is 2.02. The van der Waals surface area contributed by atoms with Gasteiger partial charge in [-0.05, 0) is 17.7 Å². The van der Waals surface area contributed by atoms with E-state index in [1.807, 2.05) is 48.1 Å². The number of hydrogen-bond donors (Lipinski definition) is 2. The number of thiophene rings is 1. The molecule has 0 atom stereocenters. The van der Waals surface area contributed by atoms with Gasteiger partial charge in [0, 0.05) is 34.4 Å². The molecule has 3 nitrogen and oxygen atoms in total. The number of aromatic amines is 1. The van der Waals surface area contributed by atoms with Gasteiger partial charge in [-0.1, -0.05) is 18.2 Å². The fraction of sp³-hybridized carbons (Fsp3) is 0.0714. The molecule has 0 aliphatic rings.